The number of nitriles is 1. The number of nitrogens with zero attached hydrogens (tertiary/aromatic N) is 1. The van der Waals surface area contributed by atoms with Gasteiger partial charge in [0.1, 0.15) is 11.5 Å². The summed E-state index contributed by atoms with van der Waals surface area (Å²) in [4.78, 5) is 10.9. The molecular formula is C16H21NO3. The van der Waals surface area contributed by atoms with E-state index in [2.05, 4.69) is 6.07 Å². The van der Waals surface area contributed by atoms with Crippen LogP contribution in [0, 0.1) is 16.7 Å². The molecule has 0 radical (unpaired) electrons. The number of ether oxygens (including phenoxy) is 2. The van der Waals surface area contributed by atoms with Crippen molar-refractivity contribution in [1.29, 1.82) is 5.26 Å². The number of benzene rings is 1. The second-order valence-electron chi connectivity index (χ2n) is 5.32. The van der Waals surface area contributed by atoms with Gasteiger partial charge in [-0.2, -0.15) is 5.26 Å². The smallest absolute Gasteiger partial charge is 0.153 e. The van der Waals surface area contributed by atoms with Crippen LogP contribution < -0.4 is 9.47 Å². The van der Waals surface area contributed by atoms with Crippen molar-refractivity contribution in [2.75, 3.05) is 13.7 Å². The largest absolute Gasteiger partial charge is 0.497 e. The minimum Gasteiger partial charge on any atom is -0.497 e. The second-order valence-corrected chi connectivity index (χ2v) is 5.32. The normalized spacial score (nSPS) is 10.7. The Balaban J connectivity index is 2.46. The van der Waals surface area contributed by atoms with E-state index in [0.717, 1.165) is 25.5 Å². The molecule has 0 saturated heterocycles. The van der Waals surface area contributed by atoms with Gasteiger partial charge < -0.3 is 9.47 Å². The quantitative estimate of drug-likeness (QED) is 0.537. The highest BCUT2D eigenvalue weighted by atomic mass is 16.5. The first-order valence-corrected chi connectivity index (χ1v) is 6.69. The van der Waals surface area contributed by atoms with Crippen molar-refractivity contribution >= 4 is 6.29 Å². The maximum Gasteiger partial charge on any atom is 0.153 e. The van der Waals surface area contributed by atoms with Gasteiger partial charge in [0.05, 0.1) is 30.8 Å². The first-order valence-electron chi connectivity index (χ1n) is 6.69. The number of methoxy groups -OCH3 is 1. The molecule has 108 valence electrons. The third-order valence-electron chi connectivity index (χ3n) is 3.10. The van der Waals surface area contributed by atoms with Crippen LogP contribution in [0.3, 0.4) is 0 Å². The van der Waals surface area contributed by atoms with Crippen LogP contribution in [0.1, 0.15) is 43.5 Å². The SMILES string of the molecule is COc1ccc(C=O)c(OCCCCC(C)(C)C#N)c1. The number of carbonyl (C=O) groups excluding carboxylic acids is 1. The zero-order chi connectivity index (χ0) is 15.0. The zero-order valence-electron chi connectivity index (χ0n) is 12.3. The molecule has 0 heterocycles. The van der Waals surface area contributed by atoms with Gasteiger partial charge in [-0.25, -0.2) is 0 Å². The molecule has 0 fully saturated rings. The summed E-state index contributed by atoms with van der Waals surface area (Å²) in [7, 11) is 1.57. The summed E-state index contributed by atoms with van der Waals surface area (Å²) in [5.74, 6) is 1.20. The highest BCUT2D eigenvalue weighted by molar-refractivity contribution is 5.79. The summed E-state index contributed by atoms with van der Waals surface area (Å²) in [5.41, 5.74) is 0.229. The fourth-order valence-electron chi connectivity index (χ4n) is 1.77. The van der Waals surface area contributed by atoms with Crippen molar-refractivity contribution in [2.45, 2.75) is 33.1 Å². The number of hydrogen-bond donors (Lipinski definition) is 0. The van der Waals surface area contributed by atoms with Gasteiger partial charge in [0.15, 0.2) is 6.29 Å². The maximum atomic E-state index is 10.9. The van der Waals surface area contributed by atoms with Crippen LogP contribution in [0.4, 0.5) is 0 Å². The van der Waals surface area contributed by atoms with Gasteiger partial charge in [0.25, 0.3) is 0 Å². The Hall–Kier alpha value is -2.02. The van der Waals surface area contributed by atoms with Crippen molar-refractivity contribution in [3.8, 4) is 17.6 Å². The molecule has 1 aromatic carbocycles. The van der Waals surface area contributed by atoms with Gasteiger partial charge >= 0.3 is 0 Å². The summed E-state index contributed by atoms with van der Waals surface area (Å²) in [5, 5.41) is 8.92. The third-order valence-corrected chi connectivity index (χ3v) is 3.10. The van der Waals surface area contributed by atoms with Crippen molar-refractivity contribution in [1.82, 2.24) is 0 Å². The van der Waals surface area contributed by atoms with Crippen LogP contribution >= 0.6 is 0 Å². The summed E-state index contributed by atoms with van der Waals surface area (Å²) < 4.78 is 10.7. The lowest BCUT2D eigenvalue weighted by Crippen LogP contribution is -2.08. The Labute approximate surface area is 120 Å². The monoisotopic (exact) mass is 275 g/mol. The van der Waals surface area contributed by atoms with Gasteiger partial charge in [0, 0.05) is 6.07 Å². The fourth-order valence-corrected chi connectivity index (χ4v) is 1.77. The van der Waals surface area contributed by atoms with Crippen LogP contribution in [-0.2, 0) is 0 Å². The summed E-state index contributed by atoms with van der Waals surface area (Å²) in [6, 6.07) is 7.40. The van der Waals surface area contributed by atoms with Crippen molar-refractivity contribution in [3.63, 3.8) is 0 Å². The number of rotatable bonds is 8. The molecule has 0 aliphatic carbocycles. The van der Waals surface area contributed by atoms with E-state index in [0.29, 0.717) is 23.7 Å². The predicted octanol–water partition coefficient (Wildman–Crippen LogP) is 3.61. The first-order chi connectivity index (χ1) is 9.52. The van der Waals surface area contributed by atoms with E-state index < -0.39 is 0 Å². The third kappa shape index (κ3) is 4.93. The molecule has 0 aromatic heterocycles. The predicted molar refractivity (Wildman–Crippen MR) is 77.1 cm³/mol. The van der Waals surface area contributed by atoms with Crippen molar-refractivity contribution in [2.24, 2.45) is 5.41 Å². The topological polar surface area (TPSA) is 59.3 Å². The van der Waals surface area contributed by atoms with Gasteiger partial charge in [-0.1, -0.05) is 0 Å². The molecular weight excluding hydrogens is 254 g/mol. The summed E-state index contributed by atoms with van der Waals surface area (Å²) in [6.45, 7) is 4.39. The molecule has 0 amide bonds. The van der Waals surface area contributed by atoms with Gasteiger partial charge in [0.2, 0.25) is 0 Å². The molecule has 1 aromatic rings. The molecule has 0 unspecified atom stereocenters. The Morgan fingerprint density at radius 1 is 1.35 bits per heavy atom. The number of unbranched alkanes of at least 4 members (excludes halogenated alkanes) is 1. The average molecular weight is 275 g/mol. The Morgan fingerprint density at radius 3 is 2.70 bits per heavy atom. The molecule has 0 saturated carbocycles. The van der Waals surface area contributed by atoms with Crippen molar-refractivity contribution < 1.29 is 14.3 Å². The molecule has 4 nitrogen and oxygen atoms in total. The molecule has 0 spiro atoms. The minimum absolute atomic E-state index is 0.288. The van der Waals surface area contributed by atoms with Gasteiger partial charge in [-0.15, -0.1) is 0 Å². The second kappa shape index (κ2) is 7.54. The van der Waals surface area contributed by atoms with Crippen LogP contribution in [0.25, 0.3) is 0 Å². The summed E-state index contributed by atoms with van der Waals surface area (Å²) >= 11 is 0. The van der Waals surface area contributed by atoms with Crippen LogP contribution in [0.5, 0.6) is 11.5 Å². The molecule has 0 bridgehead atoms. The van der Waals surface area contributed by atoms with E-state index in [1.54, 1.807) is 25.3 Å². The Morgan fingerprint density at radius 2 is 2.10 bits per heavy atom. The molecule has 4 heteroatoms. The molecule has 20 heavy (non-hydrogen) atoms. The minimum atomic E-state index is -0.288. The lowest BCUT2D eigenvalue weighted by Gasteiger charge is -2.15. The number of aldehydes is 1. The van der Waals surface area contributed by atoms with E-state index in [1.807, 2.05) is 13.8 Å². The first kappa shape index (κ1) is 16.0. The standard InChI is InChI=1S/C16H21NO3/c1-16(2,12-17)8-4-5-9-20-15-10-14(19-3)7-6-13(15)11-18/h6-7,10-11H,4-5,8-9H2,1-3H3. The zero-order valence-corrected chi connectivity index (χ0v) is 12.3. The highest BCUT2D eigenvalue weighted by Crippen LogP contribution is 2.25. The van der Waals surface area contributed by atoms with Crippen LogP contribution in [-0.4, -0.2) is 20.0 Å². The average Bonchev–Trinajstić information content (AvgIpc) is 2.46. The Bertz CT molecular complexity index is 489. The van der Waals surface area contributed by atoms with Crippen molar-refractivity contribution in [3.05, 3.63) is 23.8 Å². The lowest BCUT2D eigenvalue weighted by atomic mass is 9.89. The molecule has 0 atom stereocenters. The molecule has 1 rings (SSSR count). The lowest BCUT2D eigenvalue weighted by molar-refractivity contribution is 0.111. The number of hydrogen-bond acceptors (Lipinski definition) is 4. The van der Waals surface area contributed by atoms with E-state index in [4.69, 9.17) is 14.7 Å². The van der Waals surface area contributed by atoms with E-state index in [1.165, 1.54) is 0 Å². The summed E-state index contributed by atoms with van der Waals surface area (Å²) in [6.07, 6.45) is 3.38. The van der Waals surface area contributed by atoms with Gasteiger partial charge in [-0.05, 0) is 45.2 Å². The molecule has 0 N–H and O–H groups in total. The fraction of sp³-hybridized carbons (Fsp3) is 0.500. The number of carbonyl (C=O) groups is 1. The van der Waals surface area contributed by atoms with E-state index in [9.17, 15) is 4.79 Å². The molecule has 0 aliphatic heterocycles. The van der Waals surface area contributed by atoms with Crippen LogP contribution in [0.15, 0.2) is 18.2 Å². The molecule has 0 aliphatic rings. The van der Waals surface area contributed by atoms with E-state index >= 15 is 0 Å². The van der Waals surface area contributed by atoms with E-state index in [-0.39, 0.29) is 5.41 Å². The maximum absolute atomic E-state index is 10.9. The van der Waals surface area contributed by atoms with Gasteiger partial charge in [-0.3, -0.25) is 4.79 Å². The Kier molecular flexibility index (Phi) is 6.05. The highest BCUT2D eigenvalue weighted by Gasteiger charge is 2.15. The van der Waals surface area contributed by atoms with Crippen LogP contribution in [0.2, 0.25) is 0 Å².